The quantitative estimate of drug-likeness (QED) is 0.749. The smallest absolute Gasteiger partial charge is 0.321 e. The molecule has 1 aromatic carbocycles. The Morgan fingerprint density at radius 1 is 1.14 bits per heavy atom. The minimum atomic E-state index is -0.921. The Labute approximate surface area is 120 Å². The normalized spacial score (nSPS) is 9.90. The van der Waals surface area contributed by atoms with E-state index in [0.29, 0.717) is 5.56 Å². The molecule has 1 aromatic heterocycles. The molecule has 2 rings (SSSR count). The molecule has 21 heavy (non-hydrogen) atoms. The van der Waals surface area contributed by atoms with Crippen LogP contribution in [0.25, 0.3) is 0 Å². The number of rotatable bonds is 5. The highest BCUT2D eigenvalue weighted by molar-refractivity contribution is 5.87. The van der Waals surface area contributed by atoms with E-state index in [1.54, 1.807) is 24.3 Å². The molecule has 1 heterocycles. The lowest BCUT2D eigenvalue weighted by Gasteiger charge is -2.09. The van der Waals surface area contributed by atoms with Crippen LogP contribution in [0.3, 0.4) is 0 Å². The molecule has 0 atom stereocenters. The number of hydrogen-bond acceptors (Lipinski definition) is 5. The molecule has 0 aliphatic heterocycles. The van der Waals surface area contributed by atoms with Gasteiger partial charge in [0, 0.05) is 6.54 Å². The van der Waals surface area contributed by atoms with E-state index in [-0.39, 0.29) is 18.9 Å². The van der Waals surface area contributed by atoms with Crippen LogP contribution in [0.5, 0.6) is 0 Å². The fourth-order valence-corrected chi connectivity index (χ4v) is 1.69. The number of benzene rings is 1. The summed E-state index contributed by atoms with van der Waals surface area (Å²) in [4.78, 5) is 26.3. The number of aromatic nitrogens is 3. The second-order valence-corrected chi connectivity index (χ2v) is 4.11. The SMILES string of the molecule is O=C(O)Cc1ccccc1CNC(=O)Nc1nccnn1. The molecular weight excluding hydrogens is 274 g/mol. The Balaban J connectivity index is 1.93. The van der Waals surface area contributed by atoms with Crippen LogP contribution in [0.2, 0.25) is 0 Å². The second-order valence-electron chi connectivity index (χ2n) is 4.11. The molecule has 0 unspecified atom stereocenters. The van der Waals surface area contributed by atoms with Crippen molar-refractivity contribution in [3.05, 3.63) is 47.8 Å². The molecule has 0 bridgehead atoms. The highest BCUT2D eigenvalue weighted by atomic mass is 16.4. The number of aliphatic carboxylic acids is 1. The summed E-state index contributed by atoms with van der Waals surface area (Å²) in [5, 5.41) is 21.1. The number of nitrogens with zero attached hydrogens (tertiary/aromatic N) is 3. The van der Waals surface area contributed by atoms with Crippen LogP contribution >= 0.6 is 0 Å². The summed E-state index contributed by atoms with van der Waals surface area (Å²) in [6.07, 6.45) is 2.71. The minimum Gasteiger partial charge on any atom is -0.481 e. The second kappa shape index (κ2) is 6.94. The topological polar surface area (TPSA) is 117 Å². The zero-order chi connectivity index (χ0) is 15.1. The van der Waals surface area contributed by atoms with Crippen molar-refractivity contribution in [1.82, 2.24) is 20.5 Å². The van der Waals surface area contributed by atoms with E-state index >= 15 is 0 Å². The van der Waals surface area contributed by atoms with Gasteiger partial charge >= 0.3 is 12.0 Å². The zero-order valence-electron chi connectivity index (χ0n) is 11.0. The molecule has 3 N–H and O–H groups in total. The van der Waals surface area contributed by atoms with Gasteiger partial charge in [0.1, 0.15) is 0 Å². The molecular formula is C13H13N5O3. The van der Waals surface area contributed by atoms with Crippen LogP contribution in [0.1, 0.15) is 11.1 Å². The van der Waals surface area contributed by atoms with E-state index in [4.69, 9.17) is 5.11 Å². The predicted octanol–water partition coefficient (Wildman–Crippen LogP) is 0.820. The van der Waals surface area contributed by atoms with Gasteiger partial charge in [-0.15, -0.1) is 5.10 Å². The van der Waals surface area contributed by atoms with Crippen LogP contribution < -0.4 is 10.6 Å². The molecule has 0 aliphatic carbocycles. The molecule has 2 amide bonds. The maximum atomic E-state index is 11.7. The lowest BCUT2D eigenvalue weighted by Crippen LogP contribution is -2.29. The van der Waals surface area contributed by atoms with E-state index in [0.717, 1.165) is 5.56 Å². The maximum Gasteiger partial charge on any atom is 0.321 e. The Morgan fingerprint density at radius 3 is 2.57 bits per heavy atom. The van der Waals surface area contributed by atoms with E-state index in [9.17, 15) is 9.59 Å². The first-order valence-corrected chi connectivity index (χ1v) is 6.12. The van der Waals surface area contributed by atoms with Crippen molar-refractivity contribution in [2.45, 2.75) is 13.0 Å². The summed E-state index contributed by atoms with van der Waals surface area (Å²) in [5.41, 5.74) is 1.39. The third kappa shape index (κ3) is 4.53. The fourth-order valence-electron chi connectivity index (χ4n) is 1.69. The van der Waals surface area contributed by atoms with E-state index in [1.807, 2.05) is 0 Å². The fraction of sp³-hybridized carbons (Fsp3) is 0.154. The van der Waals surface area contributed by atoms with Crippen LogP contribution in [0.4, 0.5) is 10.7 Å². The van der Waals surface area contributed by atoms with Crippen LogP contribution in [-0.2, 0) is 17.8 Å². The number of carboxylic acid groups (broad SMARTS) is 1. The first kappa shape index (κ1) is 14.4. The standard InChI is InChI=1S/C13H13N5O3/c19-11(20)7-9-3-1-2-4-10(9)8-15-13(21)17-12-14-5-6-16-18-12/h1-6H,7-8H2,(H,19,20)(H2,14,15,17,18,21). The summed E-state index contributed by atoms with van der Waals surface area (Å²) >= 11 is 0. The van der Waals surface area contributed by atoms with Crippen molar-refractivity contribution in [1.29, 1.82) is 0 Å². The zero-order valence-corrected chi connectivity index (χ0v) is 11.0. The van der Waals surface area contributed by atoms with Gasteiger partial charge < -0.3 is 10.4 Å². The van der Waals surface area contributed by atoms with Crippen molar-refractivity contribution in [2.75, 3.05) is 5.32 Å². The van der Waals surface area contributed by atoms with Gasteiger partial charge in [0.2, 0.25) is 0 Å². The largest absolute Gasteiger partial charge is 0.481 e. The predicted molar refractivity (Wildman–Crippen MR) is 73.5 cm³/mol. The molecule has 0 saturated carbocycles. The molecule has 0 fully saturated rings. The number of hydrogen-bond donors (Lipinski definition) is 3. The number of amides is 2. The number of anilines is 1. The third-order valence-electron chi connectivity index (χ3n) is 2.61. The van der Waals surface area contributed by atoms with Crippen LogP contribution in [0.15, 0.2) is 36.7 Å². The molecule has 8 nitrogen and oxygen atoms in total. The Hall–Kier alpha value is -3.03. The van der Waals surface area contributed by atoms with Crippen molar-refractivity contribution in [3.8, 4) is 0 Å². The van der Waals surface area contributed by atoms with Crippen LogP contribution in [0, 0.1) is 0 Å². The highest BCUT2D eigenvalue weighted by Gasteiger charge is 2.08. The molecule has 0 radical (unpaired) electrons. The number of carboxylic acids is 1. The summed E-state index contributed by atoms with van der Waals surface area (Å²) in [5.74, 6) is -0.829. The maximum absolute atomic E-state index is 11.7. The number of nitrogens with one attached hydrogen (secondary N) is 2. The molecule has 108 valence electrons. The van der Waals surface area contributed by atoms with Gasteiger partial charge in [0.15, 0.2) is 0 Å². The van der Waals surface area contributed by atoms with Crippen molar-refractivity contribution in [3.63, 3.8) is 0 Å². The van der Waals surface area contributed by atoms with Gasteiger partial charge in [-0.05, 0) is 11.1 Å². The number of urea groups is 1. The van der Waals surface area contributed by atoms with Gasteiger partial charge in [-0.1, -0.05) is 24.3 Å². The molecule has 8 heteroatoms. The van der Waals surface area contributed by atoms with Gasteiger partial charge in [0.25, 0.3) is 5.95 Å². The summed E-state index contributed by atoms with van der Waals surface area (Å²) in [6.45, 7) is 0.204. The third-order valence-corrected chi connectivity index (χ3v) is 2.61. The molecule has 0 saturated heterocycles. The average molecular weight is 287 g/mol. The van der Waals surface area contributed by atoms with E-state index in [1.165, 1.54) is 12.4 Å². The average Bonchev–Trinajstić information content (AvgIpc) is 2.47. The van der Waals surface area contributed by atoms with Gasteiger partial charge in [-0.2, -0.15) is 5.10 Å². The lowest BCUT2D eigenvalue weighted by atomic mass is 10.0. The minimum absolute atomic E-state index is 0.0915. The number of carbonyl (C=O) groups is 2. The summed E-state index contributed by atoms with van der Waals surface area (Å²) in [6, 6.07) is 6.52. The molecule has 0 spiro atoms. The van der Waals surface area contributed by atoms with Gasteiger partial charge in [-0.3, -0.25) is 10.1 Å². The Morgan fingerprint density at radius 2 is 1.90 bits per heavy atom. The summed E-state index contributed by atoms with van der Waals surface area (Å²) < 4.78 is 0. The van der Waals surface area contributed by atoms with Gasteiger partial charge in [0.05, 0.1) is 18.8 Å². The highest BCUT2D eigenvalue weighted by Crippen LogP contribution is 2.09. The van der Waals surface area contributed by atoms with E-state index in [2.05, 4.69) is 25.8 Å². The summed E-state index contributed by atoms with van der Waals surface area (Å²) in [7, 11) is 0. The van der Waals surface area contributed by atoms with E-state index < -0.39 is 12.0 Å². The van der Waals surface area contributed by atoms with Gasteiger partial charge in [-0.25, -0.2) is 9.78 Å². The van der Waals surface area contributed by atoms with Crippen LogP contribution in [-0.4, -0.2) is 32.3 Å². The molecule has 2 aromatic rings. The monoisotopic (exact) mass is 287 g/mol. The van der Waals surface area contributed by atoms with Crippen molar-refractivity contribution >= 4 is 17.9 Å². The molecule has 0 aliphatic rings. The Kier molecular flexibility index (Phi) is 4.75. The first-order valence-electron chi connectivity index (χ1n) is 6.12. The number of carbonyl (C=O) groups excluding carboxylic acids is 1. The first-order chi connectivity index (χ1) is 10.1. The Bertz CT molecular complexity index is 633. The van der Waals surface area contributed by atoms with Crippen molar-refractivity contribution < 1.29 is 14.7 Å². The lowest BCUT2D eigenvalue weighted by molar-refractivity contribution is -0.136. The van der Waals surface area contributed by atoms with Crippen molar-refractivity contribution in [2.24, 2.45) is 0 Å².